The molecule has 2 saturated heterocycles. The highest BCUT2D eigenvalue weighted by atomic mass is 16.6. The first-order chi connectivity index (χ1) is 4.86. The molecule has 0 bridgehead atoms. The maximum Gasteiger partial charge on any atom is 0.333 e. The SMILES string of the molecule is O=C1OCC/C1=C/[C@H]1CO1. The number of hydrogen-bond donors (Lipinski definition) is 0. The van der Waals surface area contributed by atoms with Crippen molar-refractivity contribution in [2.24, 2.45) is 0 Å². The minimum atomic E-state index is -0.171. The Hall–Kier alpha value is -0.830. The minimum Gasteiger partial charge on any atom is -0.462 e. The molecule has 2 rings (SSSR count). The molecular weight excluding hydrogens is 132 g/mol. The van der Waals surface area contributed by atoms with E-state index in [1.165, 1.54) is 0 Å². The third-order valence-electron chi connectivity index (χ3n) is 1.61. The van der Waals surface area contributed by atoms with E-state index in [4.69, 9.17) is 9.47 Å². The second-order valence-electron chi connectivity index (χ2n) is 2.45. The molecule has 0 aromatic heterocycles. The van der Waals surface area contributed by atoms with Gasteiger partial charge in [0.15, 0.2) is 0 Å². The van der Waals surface area contributed by atoms with Gasteiger partial charge in [0, 0.05) is 12.0 Å². The quantitative estimate of drug-likeness (QED) is 0.298. The monoisotopic (exact) mass is 140 g/mol. The van der Waals surface area contributed by atoms with Gasteiger partial charge in [0.1, 0.15) is 0 Å². The van der Waals surface area contributed by atoms with E-state index in [1.54, 1.807) is 0 Å². The summed E-state index contributed by atoms with van der Waals surface area (Å²) in [5, 5.41) is 0. The molecular formula is C7H8O3. The van der Waals surface area contributed by atoms with Gasteiger partial charge in [-0.15, -0.1) is 0 Å². The summed E-state index contributed by atoms with van der Waals surface area (Å²) in [6.07, 6.45) is 2.80. The summed E-state index contributed by atoms with van der Waals surface area (Å²) in [6.45, 7) is 1.30. The highest BCUT2D eigenvalue weighted by Gasteiger charge is 2.25. The van der Waals surface area contributed by atoms with Crippen LogP contribution < -0.4 is 0 Å². The molecule has 2 aliphatic rings. The summed E-state index contributed by atoms with van der Waals surface area (Å²) in [4.78, 5) is 10.8. The molecule has 0 spiro atoms. The van der Waals surface area contributed by atoms with Gasteiger partial charge in [-0.2, -0.15) is 0 Å². The zero-order valence-electron chi connectivity index (χ0n) is 5.50. The van der Waals surface area contributed by atoms with Crippen LogP contribution in [0.3, 0.4) is 0 Å². The molecule has 2 fully saturated rings. The molecule has 0 N–H and O–H groups in total. The second kappa shape index (κ2) is 2.09. The maximum atomic E-state index is 10.8. The van der Waals surface area contributed by atoms with E-state index in [9.17, 15) is 4.79 Å². The molecule has 3 nitrogen and oxygen atoms in total. The Morgan fingerprint density at radius 1 is 1.60 bits per heavy atom. The molecule has 0 aromatic carbocycles. The lowest BCUT2D eigenvalue weighted by atomic mass is 10.2. The highest BCUT2D eigenvalue weighted by Crippen LogP contribution is 2.19. The lowest BCUT2D eigenvalue weighted by molar-refractivity contribution is -0.135. The molecule has 0 aromatic rings. The van der Waals surface area contributed by atoms with Crippen LogP contribution in [0.15, 0.2) is 11.6 Å². The standard InChI is InChI=1S/C7H8O3/c8-7-5(1-2-9-7)3-6-4-10-6/h3,6H,1-2,4H2/b5-3-/t6-/m0/s1. The number of rotatable bonds is 1. The van der Waals surface area contributed by atoms with Crippen molar-refractivity contribution >= 4 is 5.97 Å². The Bertz CT molecular complexity index is 191. The van der Waals surface area contributed by atoms with Gasteiger partial charge in [0.05, 0.1) is 19.3 Å². The summed E-state index contributed by atoms with van der Waals surface area (Å²) in [5.41, 5.74) is 0.780. The van der Waals surface area contributed by atoms with Crippen molar-refractivity contribution in [3.05, 3.63) is 11.6 Å². The Balaban J connectivity index is 2.07. The Labute approximate surface area is 58.6 Å². The summed E-state index contributed by atoms with van der Waals surface area (Å²) in [6, 6.07) is 0. The highest BCUT2D eigenvalue weighted by molar-refractivity contribution is 5.90. The molecule has 3 heteroatoms. The average molecular weight is 140 g/mol. The first-order valence-corrected chi connectivity index (χ1v) is 3.36. The van der Waals surface area contributed by atoms with Crippen molar-refractivity contribution in [3.63, 3.8) is 0 Å². The van der Waals surface area contributed by atoms with E-state index in [2.05, 4.69) is 0 Å². The zero-order valence-corrected chi connectivity index (χ0v) is 5.50. The number of epoxide rings is 1. The molecule has 54 valence electrons. The summed E-state index contributed by atoms with van der Waals surface area (Å²) in [7, 11) is 0. The van der Waals surface area contributed by atoms with Crippen LogP contribution in [0.4, 0.5) is 0 Å². The smallest absolute Gasteiger partial charge is 0.333 e. The van der Waals surface area contributed by atoms with E-state index in [1.807, 2.05) is 6.08 Å². The predicted molar refractivity (Wildman–Crippen MR) is 33.4 cm³/mol. The predicted octanol–water partition coefficient (Wildman–Crippen LogP) is 0.258. The zero-order chi connectivity index (χ0) is 6.97. The lowest BCUT2D eigenvalue weighted by Crippen LogP contribution is -1.95. The first-order valence-electron chi connectivity index (χ1n) is 3.36. The fourth-order valence-corrected chi connectivity index (χ4v) is 0.976. The van der Waals surface area contributed by atoms with Gasteiger partial charge in [-0.3, -0.25) is 0 Å². The van der Waals surface area contributed by atoms with E-state index >= 15 is 0 Å². The molecule has 0 radical (unpaired) electrons. The fourth-order valence-electron chi connectivity index (χ4n) is 0.976. The second-order valence-corrected chi connectivity index (χ2v) is 2.45. The number of ether oxygens (including phenoxy) is 2. The molecule has 2 heterocycles. The summed E-state index contributed by atoms with van der Waals surface area (Å²) in [5.74, 6) is -0.171. The minimum absolute atomic E-state index is 0.171. The van der Waals surface area contributed by atoms with Crippen molar-refractivity contribution < 1.29 is 14.3 Å². The van der Waals surface area contributed by atoms with Crippen LogP contribution in [0, 0.1) is 0 Å². The molecule has 1 atom stereocenters. The Kier molecular flexibility index (Phi) is 1.24. The molecule has 0 saturated carbocycles. The van der Waals surface area contributed by atoms with E-state index in [0.29, 0.717) is 6.61 Å². The Morgan fingerprint density at radius 3 is 2.90 bits per heavy atom. The topological polar surface area (TPSA) is 38.8 Å². The van der Waals surface area contributed by atoms with Crippen molar-refractivity contribution in [1.82, 2.24) is 0 Å². The third-order valence-corrected chi connectivity index (χ3v) is 1.61. The molecule has 0 aliphatic carbocycles. The normalized spacial score (nSPS) is 34.6. The van der Waals surface area contributed by atoms with Crippen molar-refractivity contribution in [2.45, 2.75) is 12.5 Å². The van der Waals surface area contributed by atoms with E-state index in [0.717, 1.165) is 18.6 Å². The molecule has 0 amide bonds. The molecule has 2 aliphatic heterocycles. The van der Waals surface area contributed by atoms with Crippen molar-refractivity contribution in [3.8, 4) is 0 Å². The van der Waals surface area contributed by atoms with Crippen LogP contribution >= 0.6 is 0 Å². The largest absolute Gasteiger partial charge is 0.462 e. The van der Waals surface area contributed by atoms with Crippen LogP contribution in [0.1, 0.15) is 6.42 Å². The number of cyclic esters (lactones) is 1. The van der Waals surface area contributed by atoms with Gasteiger partial charge in [-0.1, -0.05) is 0 Å². The molecule has 0 unspecified atom stereocenters. The summed E-state index contributed by atoms with van der Waals surface area (Å²) >= 11 is 0. The summed E-state index contributed by atoms with van der Waals surface area (Å²) < 4.78 is 9.67. The van der Waals surface area contributed by atoms with E-state index < -0.39 is 0 Å². The number of carbonyl (C=O) groups excluding carboxylic acids is 1. The van der Waals surface area contributed by atoms with Gasteiger partial charge in [-0.25, -0.2) is 4.79 Å². The van der Waals surface area contributed by atoms with Gasteiger partial charge in [0.25, 0.3) is 0 Å². The fraction of sp³-hybridized carbons (Fsp3) is 0.571. The van der Waals surface area contributed by atoms with Gasteiger partial charge in [0.2, 0.25) is 0 Å². The van der Waals surface area contributed by atoms with Crippen LogP contribution in [-0.2, 0) is 14.3 Å². The number of carbonyl (C=O) groups is 1. The average Bonchev–Trinajstić information content (AvgIpc) is 2.62. The number of hydrogen-bond acceptors (Lipinski definition) is 3. The Morgan fingerprint density at radius 2 is 2.40 bits per heavy atom. The first kappa shape index (κ1) is 5.92. The van der Waals surface area contributed by atoms with Crippen LogP contribution in [-0.4, -0.2) is 25.3 Å². The van der Waals surface area contributed by atoms with Crippen molar-refractivity contribution in [1.29, 1.82) is 0 Å². The van der Waals surface area contributed by atoms with E-state index in [-0.39, 0.29) is 12.1 Å². The van der Waals surface area contributed by atoms with Crippen LogP contribution in [0.25, 0.3) is 0 Å². The molecule has 10 heavy (non-hydrogen) atoms. The van der Waals surface area contributed by atoms with Crippen LogP contribution in [0.5, 0.6) is 0 Å². The van der Waals surface area contributed by atoms with Crippen LogP contribution in [0.2, 0.25) is 0 Å². The number of esters is 1. The van der Waals surface area contributed by atoms with Gasteiger partial charge >= 0.3 is 5.97 Å². The maximum absolute atomic E-state index is 10.8. The van der Waals surface area contributed by atoms with Gasteiger partial charge < -0.3 is 9.47 Å². The lowest BCUT2D eigenvalue weighted by Gasteiger charge is -1.86. The third kappa shape index (κ3) is 1.04. The van der Waals surface area contributed by atoms with Gasteiger partial charge in [-0.05, 0) is 6.08 Å². The van der Waals surface area contributed by atoms with Crippen molar-refractivity contribution in [2.75, 3.05) is 13.2 Å².